The minimum absolute atomic E-state index is 0.0349. The van der Waals surface area contributed by atoms with E-state index in [9.17, 15) is 13.6 Å². The molecule has 0 aliphatic carbocycles. The maximum Gasteiger partial charge on any atom is 0.288 e. The predicted octanol–water partition coefficient (Wildman–Crippen LogP) is 3.33. The fourth-order valence-electron chi connectivity index (χ4n) is 1.97. The second-order valence-corrected chi connectivity index (χ2v) is 8.11. The molecule has 1 heterocycles. The van der Waals surface area contributed by atoms with Crippen molar-refractivity contribution >= 4 is 35.1 Å². The molecule has 2 rings (SSSR count). The lowest BCUT2D eigenvalue weighted by Gasteiger charge is -2.16. The summed E-state index contributed by atoms with van der Waals surface area (Å²) in [5.74, 6) is 3.70. The first-order chi connectivity index (χ1) is 11.7. The van der Waals surface area contributed by atoms with Gasteiger partial charge in [0, 0.05) is 10.3 Å². The monoisotopic (exact) mass is 387 g/mol. The molecule has 1 aromatic heterocycles. The van der Waals surface area contributed by atoms with E-state index in [1.54, 1.807) is 18.2 Å². The molecule has 25 heavy (non-hydrogen) atoms. The molecule has 1 aromatic carbocycles. The average Bonchev–Trinajstić information content (AvgIpc) is 2.88. The molecule has 0 saturated heterocycles. The highest BCUT2D eigenvalue weighted by Gasteiger charge is 2.23. The SMILES string of the molecule is CC(C)(C)c1nnc(SCC(=O)Nc2ccccc2SC(F)F)n1N. The lowest BCUT2D eigenvalue weighted by atomic mass is 9.96. The number of aromatic nitrogens is 3. The van der Waals surface area contributed by atoms with Gasteiger partial charge in [-0.2, -0.15) is 8.78 Å². The Morgan fingerprint density at radius 1 is 1.32 bits per heavy atom. The molecule has 0 saturated carbocycles. The smallest absolute Gasteiger partial charge is 0.288 e. The van der Waals surface area contributed by atoms with Gasteiger partial charge in [-0.1, -0.05) is 56.4 Å². The van der Waals surface area contributed by atoms with Crippen LogP contribution in [0.4, 0.5) is 14.5 Å². The predicted molar refractivity (Wildman–Crippen MR) is 96.5 cm³/mol. The number of nitrogens with one attached hydrogen (secondary N) is 1. The zero-order chi connectivity index (χ0) is 18.6. The number of nitrogens with zero attached hydrogens (tertiary/aromatic N) is 3. The van der Waals surface area contributed by atoms with E-state index in [0.717, 1.165) is 11.8 Å². The molecule has 3 N–H and O–H groups in total. The van der Waals surface area contributed by atoms with E-state index in [-0.39, 0.29) is 17.1 Å². The summed E-state index contributed by atoms with van der Waals surface area (Å²) in [6, 6.07) is 6.42. The van der Waals surface area contributed by atoms with Crippen LogP contribution in [0, 0.1) is 0 Å². The van der Waals surface area contributed by atoms with Gasteiger partial charge in [0.1, 0.15) is 0 Å². The second kappa shape index (κ2) is 8.05. The summed E-state index contributed by atoms with van der Waals surface area (Å²) in [6.07, 6.45) is 0. The Morgan fingerprint density at radius 2 is 2.00 bits per heavy atom. The molecule has 0 unspecified atom stereocenters. The number of hydrogen-bond donors (Lipinski definition) is 2. The zero-order valence-electron chi connectivity index (χ0n) is 14.0. The summed E-state index contributed by atoms with van der Waals surface area (Å²) in [4.78, 5) is 12.4. The number of amides is 1. The Bertz CT molecular complexity index is 746. The normalized spacial score (nSPS) is 11.8. The molecular weight excluding hydrogens is 368 g/mol. The van der Waals surface area contributed by atoms with Gasteiger partial charge in [-0.15, -0.1) is 10.2 Å². The van der Waals surface area contributed by atoms with Gasteiger partial charge in [0.15, 0.2) is 5.82 Å². The third kappa shape index (κ3) is 5.33. The molecular formula is C15H19F2N5OS2. The molecule has 0 aliphatic heterocycles. The van der Waals surface area contributed by atoms with Crippen molar-refractivity contribution in [3.05, 3.63) is 30.1 Å². The summed E-state index contributed by atoms with van der Waals surface area (Å²) < 4.78 is 26.5. The first kappa shape index (κ1) is 19.5. The van der Waals surface area contributed by atoms with Crippen LogP contribution in [0.5, 0.6) is 0 Å². The summed E-state index contributed by atoms with van der Waals surface area (Å²) in [5, 5.41) is 11.1. The van der Waals surface area contributed by atoms with E-state index in [1.165, 1.54) is 10.7 Å². The Hall–Kier alpha value is -1.81. The molecule has 0 aliphatic rings. The summed E-state index contributed by atoms with van der Waals surface area (Å²) in [6.45, 7) is 5.87. The first-order valence-electron chi connectivity index (χ1n) is 7.36. The van der Waals surface area contributed by atoms with Crippen molar-refractivity contribution in [1.29, 1.82) is 0 Å². The number of thioether (sulfide) groups is 2. The van der Waals surface area contributed by atoms with Gasteiger partial charge in [0.25, 0.3) is 5.76 Å². The molecule has 0 radical (unpaired) electrons. The van der Waals surface area contributed by atoms with Crippen LogP contribution >= 0.6 is 23.5 Å². The zero-order valence-corrected chi connectivity index (χ0v) is 15.6. The molecule has 0 spiro atoms. The van der Waals surface area contributed by atoms with E-state index < -0.39 is 5.76 Å². The highest BCUT2D eigenvalue weighted by atomic mass is 32.2. The highest BCUT2D eigenvalue weighted by molar-refractivity contribution is 8.00. The lowest BCUT2D eigenvalue weighted by molar-refractivity contribution is -0.113. The molecule has 0 fully saturated rings. The topological polar surface area (TPSA) is 85.8 Å². The molecule has 6 nitrogen and oxygen atoms in total. The highest BCUT2D eigenvalue weighted by Crippen LogP contribution is 2.31. The lowest BCUT2D eigenvalue weighted by Crippen LogP contribution is -2.24. The minimum Gasteiger partial charge on any atom is -0.336 e. The van der Waals surface area contributed by atoms with Crippen LogP contribution in [0.25, 0.3) is 0 Å². The quantitative estimate of drug-likeness (QED) is 0.584. The number of nitrogen functional groups attached to an aromatic ring is 1. The van der Waals surface area contributed by atoms with Crippen LogP contribution in [-0.4, -0.2) is 32.3 Å². The van der Waals surface area contributed by atoms with Crippen LogP contribution in [0.15, 0.2) is 34.3 Å². The van der Waals surface area contributed by atoms with E-state index in [2.05, 4.69) is 15.5 Å². The Balaban J connectivity index is 1.99. The van der Waals surface area contributed by atoms with Gasteiger partial charge in [-0.3, -0.25) is 4.79 Å². The molecule has 1 amide bonds. The third-order valence-electron chi connectivity index (χ3n) is 3.04. The number of halogens is 2. The number of anilines is 1. The minimum atomic E-state index is -2.56. The summed E-state index contributed by atoms with van der Waals surface area (Å²) in [5.41, 5.74) is 0.0804. The van der Waals surface area contributed by atoms with Crippen molar-refractivity contribution in [2.45, 2.75) is 42.0 Å². The maximum absolute atomic E-state index is 12.6. The number of benzene rings is 1. The van der Waals surface area contributed by atoms with Crippen LogP contribution in [0.2, 0.25) is 0 Å². The van der Waals surface area contributed by atoms with Crippen LogP contribution in [0.3, 0.4) is 0 Å². The number of hydrogen-bond acceptors (Lipinski definition) is 6. The Labute approximate surface area is 152 Å². The van der Waals surface area contributed by atoms with E-state index in [4.69, 9.17) is 5.84 Å². The van der Waals surface area contributed by atoms with Crippen molar-refractivity contribution < 1.29 is 13.6 Å². The molecule has 0 bridgehead atoms. The molecule has 2 aromatic rings. The van der Waals surface area contributed by atoms with Crippen molar-refractivity contribution in [3.8, 4) is 0 Å². The van der Waals surface area contributed by atoms with Gasteiger partial charge in [-0.05, 0) is 12.1 Å². The molecule has 10 heteroatoms. The average molecular weight is 387 g/mol. The number of alkyl halides is 2. The standard InChI is InChI=1S/C15H19F2N5OS2/c1-15(2,3)12-20-21-14(22(12)18)24-8-11(23)19-9-6-4-5-7-10(9)25-13(16)17/h4-7,13H,8,18H2,1-3H3,(H,19,23). The number of carbonyl (C=O) groups excluding carboxylic acids is 1. The fourth-order valence-corrected chi connectivity index (χ4v) is 3.22. The van der Waals surface area contributed by atoms with Gasteiger partial charge in [0.05, 0.1) is 11.4 Å². The van der Waals surface area contributed by atoms with E-state index >= 15 is 0 Å². The third-order valence-corrected chi connectivity index (χ3v) is 4.78. The van der Waals surface area contributed by atoms with Crippen molar-refractivity contribution in [2.75, 3.05) is 16.9 Å². The van der Waals surface area contributed by atoms with Crippen LogP contribution in [-0.2, 0) is 10.2 Å². The largest absolute Gasteiger partial charge is 0.336 e. The number of rotatable bonds is 6. The van der Waals surface area contributed by atoms with Crippen molar-refractivity contribution in [3.63, 3.8) is 0 Å². The van der Waals surface area contributed by atoms with Crippen molar-refractivity contribution in [1.82, 2.24) is 14.9 Å². The van der Waals surface area contributed by atoms with Crippen LogP contribution in [0.1, 0.15) is 26.6 Å². The second-order valence-electron chi connectivity index (χ2n) is 6.14. The maximum atomic E-state index is 12.6. The fraction of sp³-hybridized carbons (Fsp3) is 0.400. The number of carbonyl (C=O) groups is 1. The molecule has 0 atom stereocenters. The first-order valence-corrected chi connectivity index (χ1v) is 9.22. The molecule has 136 valence electrons. The van der Waals surface area contributed by atoms with Gasteiger partial charge in [0.2, 0.25) is 11.1 Å². The Morgan fingerprint density at radius 3 is 2.60 bits per heavy atom. The van der Waals surface area contributed by atoms with Crippen molar-refractivity contribution in [2.24, 2.45) is 0 Å². The Kier molecular flexibility index (Phi) is 6.28. The van der Waals surface area contributed by atoms with E-state index in [0.29, 0.717) is 33.3 Å². The van der Waals surface area contributed by atoms with Gasteiger partial charge >= 0.3 is 0 Å². The number of nitrogens with two attached hydrogens (primary N) is 1. The number of para-hydroxylation sites is 1. The van der Waals surface area contributed by atoms with E-state index in [1.807, 2.05) is 20.8 Å². The summed E-state index contributed by atoms with van der Waals surface area (Å²) in [7, 11) is 0. The summed E-state index contributed by atoms with van der Waals surface area (Å²) >= 11 is 1.52. The van der Waals surface area contributed by atoms with Crippen LogP contribution < -0.4 is 11.2 Å². The van der Waals surface area contributed by atoms with Gasteiger partial charge < -0.3 is 11.2 Å². The van der Waals surface area contributed by atoms with Gasteiger partial charge in [-0.25, -0.2) is 4.68 Å².